The maximum atomic E-state index is 6.03. The Balaban J connectivity index is 2.20. The van der Waals surface area contributed by atoms with Gasteiger partial charge in [-0.2, -0.15) is 0 Å². The first-order chi connectivity index (χ1) is 9.04. The van der Waals surface area contributed by atoms with Crippen LogP contribution in [0.25, 0.3) is 16.9 Å². The van der Waals surface area contributed by atoms with Crippen molar-refractivity contribution in [1.29, 1.82) is 0 Å². The van der Waals surface area contributed by atoms with Gasteiger partial charge in [-0.05, 0) is 30.7 Å². The number of fused-ring (bicyclic) bond motifs is 1. The molecule has 0 spiro atoms. The number of pyridine rings is 1. The molecule has 0 fully saturated rings. The van der Waals surface area contributed by atoms with Gasteiger partial charge in [-0.25, -0.2) is 4.98 Å². The third-order valence-electron chi connectivity index (χ3n) is 2.93. The second kappa shape index (κ2) is 4.44. The normalized spacial score (nSPS) is 11.1. The number of aromatic nitrogens is 2. The molecular formula is C14H11Cl2N3. The quantitative estimate of drug-likeness (QED) is 0.730. The molecule has 0 atom stereocenters. The molecule has 5 heteroatoms. The second-order valence-electron chi connectivity index (χ2n) is 4.46. The molecule has 2 aromatic heterocycles. The van der Waals surface area contributed by atoms with E-state index in [1.165, 1.54) is 0 Å². The molecule has 2 N–H and O–H groups in total. The van der Waals surface area contributed by atoms with Gasteiger partial charge in [-0.15, -0.1) is 0 Å². The van der Waals surface area contributed by atoms with Gasteiger partial charge in [0.05, 0.1) is 21.4 Å². The molecule has 1 aromatic carbocycles. The van der Waals surface area contributed by atoms with Gasteiger partial charge in [-0.3, -0.25) is 0 Å². The Labute approximate surface area is 120 Å². The van der Waals surface area contributed by atoms with Crippen molar-refractivity contribution in [3.63, 3.8) is 0 Å². The molecule has 3 aromatic rings. The summed E-state index contributed by atoms with van der Waals surface area (Å²) in [6.07, 6.45) is 3.91. The van der Waals surface area contributed by atoms with Crippen LogP contribution >= 0.6 is 23.2 Å². The first kappa shape index (κ1) is 12.3. The van der Waals surface area contributed by atoms with E-state index in [1.807, 2.05) is 35.9 Å². The van der Waals surface area contributed by atoms with E-state index in [1.54, 1.807) is 12.1 Å². The lowest BCUT2D eigenvalue weighted by atomic mass is 10.2. The molecule has 0 aliphatic carbocycles. The van der Waals surface area contributed by atoms with E-state index in [0.717, 1.165) is 22.5 Å². The predicted octanol–water partition coefficient (Wildman–Crippen LogP) is 4.20. The first-order valence-electron chi connectivity index (χ1n) is 5.75. The van der Waals surface area contributed by atoms with Crippen LogP contribution in [0.4, 0.5) is 5.69 Å². The van der Waals surface area contributed by atoms with Crippen LogP contribution in [0, 0.1) is 6.92 Å². The summed E-state index contributed by atoms with van der Waals surface area (Å²) < 4.78 is 1.92. The van der Waals surface area contributed by atoms with Crippen LogP contribution < -0.4 is 5.73 Å². The van der Waals surface area contributed by atoms with Gasteiger partial charge in [0.1, 0.15) is 0 Å². The highest BCUT2D eigenvalue weighted by Gasteiger charge is 2.08. The van der Waals surface area contributed by atoms with Crippen molar-refractivity contribution in [2.24, 2.45) is 0 Å². The third kappa shape index (κ3) is 2.15. The summed E-state index contributed by atoms with van der Waals surface area (Å²) in [7, 11) is 0. The highest BCUT2D eigenvalue weighted by Crippen LogP contribution is 2.29. The van der Waals surface area contributed by atoms with E-state index in [9.17, 15) is 0 Å². The third-order valence-corrected chi connectivity index (χ3v) is 3.67. The van der Waals surface area contributed by atoms with Gasteiger partial charge in [0.15, 0.2) is 5.65 Å². The predicted molar refractivity (Wildman–Crippen MR) is 79.8 cm³/mol. The molecule has 2 heterocycles. The van der Waals surface area contributed by atoms with Gasteiger partial charge in [0, 0.05) is 18.0 Å². The van der Waals surface area contributed by atoms with Crippen molar-refractivity contribution in [3.05, 3.63) is 52.3 Å². The summed E-state index contributed by atoms with van der Waals surface area (Å²) in [5, 5.41) is 1.05. The summed E-state index contributed by atoms with van der Waals surface area (Å²) in [6.45, 7) is 1.99. The first-order valence-corrected chi connectivity index (χ1v) is 6.50. The van der Waals surface area contributed by atoms with E-state index in [-0.39, 0.29) is 0 Å². The maximum absolute atomic E-state index is 6.03. The molecule has 0 unspecified atom stereocenters. The molecule has 0 bridgehead atoms. The number of nitrogens with two attached hydrogens (primary N) is 1. The zero-order chi connectivity index (χ0) is 13.6. The van der Waals surface area contributed by atoms with E-state index < -0.39 is 0 Å². The number of benzene rings is 1. The van der Waals surface area contributed by atoms with Crippen LogP contribution in [0.3, 0.4) is 0 Å². The fourth-order valence-electron chi connectivity index (χ4n) is 2.07. The number of aryl methyl sites for hydroxylation is 1. The minimum absolute atomic E-state index is 0.514. The van der Waals surface area contributed by atoms with Crippen molar-refractivity contribution < 1.29 is 0 Å². The summed E-state index contributed by atoms with van der Waals surface area (Å²) in [5.74, 6) is 0. The van der Waals surface area contributed by atoms with Gasteiger partial charge in [-0.1, -0.05) is 29.3 Å². The van der Waals surface area contributed by atoms with Crippen LogP contribution in [0.15, 0.2) is 36.7 Å². The van der Waals surface area contributed by atoms with Crippen molar-refractivity contribution >= 4 is 34.5 Å². The topological polar surface area (TPSA) is 43.3 Å². The number of hydrogen-bond acceptors (Lipinski definition) is 2. The highest BCUT2D eigenvalue weighted by atomic mass is 35.5. The van der Waals surface area contributed by atoms with Gasteiger partial charge in [0.25, 0.3) is 0 Å². The van der Waals surface area contributed by atoms with Crippen molar-refractivity contribution in [2.45, 2.75) is 6.92 Å². The standard InChI is InChI=1S/C14H11Cl2N3/c1-8-4-12(17)14-18-13(7-19(14)6-8)9-2-3-10(15)11(16)5-9/h2-7H,17H2,1H3. The molecule has 96 valence electrons. The zero-order valence-corrected chi connectivity index (χ0v) is 11.7. The average Bonchev–Trinajstić information content (AvgIpc) is 2.76. The van der Waals surface area contributed by atoms with Crippen molar-refractivity contribution in [1.82, 2.24) is 9.38 Å². The number of nitrogens with zero attached hydrogens (tertiary/aromatic N) is 2. The number of rotatable bonds is 1. The van der Waals surface area contributed by atoms with Crippen molar-refractivity contribution in [3.8, 4) is 11.3 Å². The fourth-order valence-corrected chi connectivity index (χ4v) is 2.36. The molecule has 0 aliphatic rings. The number of nitrogen functional groups attached to an aromatic ring is 1. The minimum Gasteiger partial charge on any atom is -0.396 e. The lowest BCUT2D eigenvalue weighted by molar-refractivity contribution is 1.16. The van der Waals surface area contributed by atoms with E-state index in [4.69, 9.17) is 28.9 Å². The van der Waals surface area contributed by atoms with Crippen LogP contribution in [-0.4, -0.2) is 9.38 Å². The molecule has 0 radical (unpaired) electrons. The molecule has 19 heavy (non-hydrogen) atoms. The number of imidazole rings is 1. The van der Waals surface area contributed by atoms with E-state index in [0.29, 0.717) is 15.7 Å². The number of anilines is 1. The zero-order valence-electron chi connectivity index (χ0n) is 10.2. The van der Waals surface area contributed by atoms with Crippen LogP contribution in [-0.2, 0) is 0 Å². The Morgan fingerprint density at radius 2 is 1.89 bits per heavy atom. The molecule has 3 nitrogen and oxygen atoms in total. The average molecular weight is 292 g/mol. The minimum atomic E-state index is 0.514. The van der Waals surface area contributed by atoms with E-state index >= 15 is 0 Å². The molecule has 3 rings (SSSR count). The lowest BCUT2D eigenvalue weighted by Gasteiger charge is -1.99. The fraction of sp³-hybridized carbons (Fsp3) is 0.0714. The number of halogens is 2. The molecular weight excluding hydrogens is 281 g/mol. The van der Waals surface area contributed by atoms with Crippen molar-refractivity contribution in [2.75, 3.05) is 5.73 Å². The largest absolute Gasteiger partial charge is 0.396 e. The van der Waals surface area contributed by atoms with Crippen LogP contribution in [0.2, 0.25) is 10.0 Å². The molecule has 0 saturated heterocycles. The summed E-state index contributed by atoms with van der Waals surface area (Å²) in [5.41, 5.74) is 10.2. The molecule has 0 amide bonds. The summed E-state index contributed by atoms with van der Waals surface area (Å²) >= 11 is 11.9. The second-order valence-corrected chi connectivity index (χ2v) is 5.27. The SMILES string of the molecule is Cc1cc(N)c2nc(-c3ccc(Cl)c(Cl)c3)cn2c1. The van der Waals surface area contributed by atoms with Crippen LogP contribution in [0.5, 0.6) is 0 Å². The Morgan fingerprint density at radius 3 is 2.63 bits per heavy atom. The maximum Gasteiger partial charge on any atom is 0.160 e. The molecule has 0 aliphatic heterocycles. The molecule has 0 saturated carbocycles. The van der Waals surface area contributed by atoms with Gasteiger partial charge >= 0.3 is 0 Å². The lowest BCUT2D eigenvalue weighted by Crippen LogP contribution is -1.93. The Hall–Kier alpha value is -1.71. The smallest absolute Gasteiger partial charge is 0.160 e. The summed E-state index contributed by atoms with van der Waals surface area (Å²) in [4.78, 5) is 4.53. The summed E-state index contributed by atoms with van der Waals surface area (Å²) in [6, 6.07) is 7.35. The number of hydrogen-bond donors (Lipinski definition) is 1. The monoisotopic (exact) mass is 291 g/mol. The Kier molecular flexibility index (Phi) is 2.88. The Morgan fingerprint density at radius 1 is 1.11 bits per heavy atom. The van der Waals surface area contributed by atoms with Gasteiger partial charge in [0.2, 0.25) is 0 Å². The Bertz CT molecular complexity index is 778. The van der Waals surface area contributed by atoms with Gasteiger partial charge < -0.3 is 10.1 Å². The van der Waals surface area contributed by atoms with E-state index in [2.05, 4.69) is 4.98 Å². The van der Waals surface area contributed by atoms with Crippen LogP contribution in [0.1, 0.15) is 5.56 Å². The highest BCUT2D eigenvalue weighted by molar-refractivity contribution is 6.42.